The number of likely N-dealkylation sites (tertiary alicyclic amines) is 1. The standard InChI is InChI=1S/C13H16N4O2S/c14-9-6-15-10-3-5-20-12(10)11(9)16-8-2-1-4-17(7-8)13(18)19/h3,5-6,8H,1-2,4,7,14H2,(H,15,16)(H,18,19)/t8-/m0/s1. The number of pyridine rings is 1. The van der Waals surface area contributed by atoms with Gasteiger partial charge in [-0.3, -0.25) is 4.98 Å². The van der Waals surface area contributed by atoms with Crippen molar-refractivity contribution in [1.29, 1.82) is 0 Å². The van der Waals surface area contributed by atoms with E-state index in [9.17, 15) is 4.79 Å². The molecule has 1 aliphatic rings. The van der Waals surface area contributed by atoms with E-state index in [1.807, 2.05) is 11.4 Å². The van der Waals surface area contributed by atoms with E-state index in [-0.39, 0.29) is 6.04 Å². The minimum atomic E-state index is -0.861. The summed E-state index contributed by atoms with van der Waals surface area (Å²) in [7, 11) is 0. The fourth-order valence-corrected chi connectivity index (χ4v) is 3.42. The van der Waals surface area contributed by atoms with E-state index < -0.39 is 6.09 Å². The van der Waals surface area contributed by atoms with Gasteiger partial charge in [-0.2, -0.15) is 0 Å². The van der Waals surface area contributed by atoms with Gasteiger partial charge in [0, 0.05) is 19.1 Å². The fraction of sp³-hybridized carbons (Fsp3) is 0.385. The number of thiophene rings is 1. The zero-order chi connectivity index (χ0) is 14.1. The summed E-state index contributed by atoms with van der Waals surface area (Å²) in [4.78, 5) is 16.8. The minimum Gasteiger partial charge on any atom is -0.465 e. The number of fused-ring (bicyclic) bond motifs is 1. The molecule has 0 saturated carbocycles. The Labute approximate surface area is 120 Å². The first-order valence-electron chi connectivity index (χ1n) is 6.51. The minimum absolute atomic E-state index is 0.0925. The van der Waals surface area contributed by atoms with E-state index in [4.69, 9.17) is 10.8 Å². The summed E-state index contributed by atoms with van der Waals surface area (Å²) in [6.45, 7) is 1.09. The second-order valence-electron chi connectivity index (χ2n) is 4.94. The highest BCUT2D eigenvalue weighted by atomic mass is 32.1. The smallest absolute Gasteiger partial charge is 0.407 e. The van der Waals surface area contributed by atoms with Crippen LogP contribution in [-0.4, -0.2) is 40.2 Å². The summed E-state index contributed by atoms with van der Waals surface area (Å²) >= 11 is 1.59. The first kappa shape index (κ1) is 13.0. The molecule has 0 aliphatic carbocycles. The number of rotatable bonds is 2. The molecular formula is C13H16N4O2S. The molecule has 1 atom stereocenters. The van der Waals surface area contributed by atoms with Gasteiger partial charge in [0.2, 0.25) is 0 Å². The van der Waals surface area contributed by atoms with E-state index >= 15 is 0 Å². The van der Waals surface area contributed by atoms with Crippen LogP contribution in [0.4, 0.5) is 16.2 Å². The van der Waals surface area contributed by atoms with Gasteiger partial charge in [-0.25, -0.2) is 4.79 Å². The Bertz CT molecular complexity index is 642. The Kier molecular flexibility index (Phi) is 3.35. The SMILES string of the molecule is Nc1cnc2ccsc2c1N[C@H]1CCCN(C(=O)O)C1. The molecule has 3 rings (SSSR count). The summed E-state index contributed by atoms with van der Waals surface area (Å²) in [5, 5.41) is 14.5. The molecule has 0 aromatic carbocycles. The molecule has 0 radical (unpaired) electrons. The molecule has 20 heavy (non-hydrogen) atoms. The van der Waals surface area contributed by atoms with Crippen molar-refractivity contribution in [3.8, 4) is 0 Å². The Morgan fingerprint density at radius 1 is 1.60 bits per heavy atom. The number of aromatic nitrogens is 1. The van der Waals surface area contributed by atoms with E-state index in [0.29, 0.717) is 18.8 Å². The Morgan fingerprint density at radius 3 is 3.25 bits per heavy atom. The van der Waals surface area contributed by atoms with Crippen molar-refractivity contribution in [2.45, 2.75) is 18.9 Å². The van der Waals surface area contributed by atoms with Crippen molar-refractivity contribution in [1.82, 2.24) is 9.88 Å². The van der Waals surface area contributed by atoms with E-state index in [1.54, 1.807) is 17.5 Å². The third-order valence-electron chi connectivity index (χ3n) is 3.54. The quantitative estimate of drug-likeness (QED) is 0.790. The lowest BCUT2D eigenvalue weighted by molar-refractivity contribution is 0.133. The van der Waals surface area contributed by atoms with Crippen LogP contribution in [0.15, 0.2) is 17.6 Å². The van der Waals surface area contributed by atoms with Crippen LogP contribution < -0.4 is 11.1 Å². The van der Waals surface area contributed by atoms with Crippen LogP contribution in [0.1, 0.15) is 12.8 Å². The first-order valence-corrected chi connectivity index (χ1v) is 7.39. The van der Waals surface area contributed by atoms with E-state index in [2.05, 4.69) is 10.3 Å². The predicted octanol–water partition coefficient (Wildman–Crippen LogP) is 2.43. The highest BCUT2D eigenvalue weighted by Gasteiger charge is 2.24. The number of hydrogen-bond acceptors (Lipinski definition) is 5. The number of nitrogens with two attached hydrogens (primary N) is 1. The second kappa shape index (κ2) is 5.16. The van der Waals surface area contributed by atoms with Crippen LogP contribution in [0.25, 0.3) is 10.2 Å². The van der Waals surface area contributed by atoms with Crippen LogP contribution in [-0.2, 0) is 0 Å². The van der Waals surface area contributed by atoms with Crippen molar-refractivity contribution in [3.63, 3.8) is 0 Å². The molecule has 1 fully saturated rings. The third kappa shape index (κ3) is 2.36. The van der Waals surface area contributed by atoms with Gasteiger partial charge in [-0.05, 0) is 24.3 Å². The molecular weight excluding hydrogens is 276 g/mol. The molecule has 0 spiro atoms. The van der Waals surface area contributed by atoms with Crippen LogP contribution in [0.3, 0.4) is 0 Å². The van der Waals surface area contributed by atoms with Crippen molar-refractivity contribution in [2.24, 2.45) is 0 Å². The van der Waals surface area contributed by atoms with Crippen LogP contribution >= 0.6 is 11.3 Å². The number of nitrogen functional groups attached to an aromatic ring is 1. The van der Waals surface area contributed by atoms with Crippen LogP contribution in [0.2, 0.25) is 0 Å². The maximum absolute atomic E-state index is 11.1. The summed E-state index contributed by atoms with van der Waals surface area (Å²) < 4.78 is 1.03. The Balaban J connectivity index is 1.84. The predicted molar refractivity (Wildman–Crippen MR) is 80.3 cm³/mol. The highest BCUT2D eigenvalue weighted by molar-refractivity contribution is 7.17. The molecule has 4 N–H and O–H groups in total. The number of anilines is 2. The average Bonchev–Trinajstić information content (AvgIpc) is 2.91. The van der Waals surface area contributed by atoms with Gasteiger partial charge in [-0.1, -0.05) is 0 Å². The zero-order valence-electron chi connectivity index (χ0n) is 10.9. The molecule has 1 amide bonds. The van der Waals surface area contributed by atoms with E-state index in [0.717, 1.165) is 28.7 Å². The monoisotopic (exact) mass is 292 g/mol. The van der Waals surface area contributed by atoms with Crippen LogP contribution in [0.5, 0.6) is 0 Å². The largest absolute Gasteiger partial charge is 0.465 e. The van der Waals surface area contributed by atoms with Gasteiger partial charge in [-0.15, -0.1) is 11.3 Å². The Hall–Kier alpha value is -2.02. The highest BCUT2D eigenvalue weighted by Crippen LogP contribution is 2.33. The van der Waals surface area contributed by atoms with E-state index in [1.165, 1.54) is 4.90 Å². The number of hydrogen-bond donors (Lipinski definition) is 3. The normalized spacial score (nSPS) is 19.2. The molecule has 6 nitrogen and oxygen atoms in total. The number of carbonyl (C=O) groups is 1. The molecule has 0 bridgehead atoms. The van der Waals surface area contributed by atoms with Crippen molar-refractivity contribution < 1.29 is 9.90 Å². The molecule has 2 aromatic heterocycles. The maximum Gasteiger partial charge on any atom is 0.407 e. The number of carboxylic acid groups (broad SMARTS) is 1. The molecule has 7 heteroatoms. The summed E-state index contributed by atoms with van der Waals surface area (Å²) in [5.74, 6) is 0. The molecule has 2 aromatic rings. The lowest BCUT2D eigenvalue weighted by Crippen LogP contribution is -2.44. The summed E-state index contributed by atoms with van der Waals surface area (Å²) in [6, 6.07) is 2.05. The molecule has 3 heterocycles. The number of piperidine rings is 1. The van der Waals surface area contributed by atoms with Gasteiger partial charge >= 0.3 is 6.09 Å². The van der Waals surface area contributed by atoms with Crippen LogP contribution in [0, 0.1) is 0 Å². The fourth-order valence-electron chi connectivity index (χ4n) is 2.55. The van der Waals surface area contributed by atoms with Crippen molar-refractivity contribution >= 4 is 39.0 Å². The first-order chi connectivity index (χ1) is 9.65. The van der Waals surface area contributed by atoms with Crippen molar-refractivity contribution in [2.75, 3.05) is 24.1 Å². The molecule has 1 saturated heterocycles. The maximum atomic E-state index is 11.1. The lowest BCUT2D eigenvalue weighted by Gasteiger charge is -2.32. The van der Waals surface area contributed by atoms with Crippen molar-refractivity contribution in [3.05, 3.63) is 17.6 Å². The van der Waals surface area contributed by atoms with Gasteiger partial charge in [0.1, 0.15) is 0 Å². The van der Waals surface area contributed by atoms with Gasteiger partial charge in [0.05, 0.1) is 27.8 Å². The summed E-state index contributed by atoms with van der Waals surface area (Å²) in [6.07, 6.45) is 2.59. The van der Waals surface area contributed by atoms with Gasteiger partial charge in [0.15, 0.2) is 0 Å². The number of nitrogens with zero attached hydrogens (tertiary/aromatic N) is 2. The zero-order valence-corrected chi connectivity index (χ0v) is 11.7. The third-order valence-corrected chi connectivity index (χ3v) is 4.46. The topological polar surface area (TPSA) is 91.5 Å². The number of amides is 1. The molecule has 0 unspecified atom stereocenters. The average molecular weight is 292 g/mol. The second-order valence-corrected chi connectivity index (χ2v) is 5.85. The Morgan fingerprint density at radius 2 is 2.45 bits per heavy atom. The summed E-state index contributed by atoms with van der Waals surface area (Å²) in [5.41, 5.74) is 8.40. The number of nitrogens with one attached hydrogen (secondary N) is 1. The molecule has 106 valence electrons. The van der Waals surface area contributed by atoms with Gasteiger partial charge < -0.3 is 21.1 Å². The molecule has 1 aliphatic heterocycles. The van der Waals surface area contributed by atoms with Gasteiger partial charge in [0.25, 0.3) is 0 Å². The lowest BCUT2D eigenvalue weighted by atomic mass is 10.1.